The van der Waals surface area contributed by atoms with E-state index in [2.05, 4.69) is 15.7 Å². The van der Waals surface area contributed by atoms with Crippen molar-refractivity contribution in [3.05, 3.63) is 18.0 Å². The minimum absolute atomic E-state index is 0.0205. The lowest BCUT2D eigenvalue weighted by molar-refractivity contribution is -0.139. The largest absolute Gasteiger partial charge is 0.481 e. The van der Waals surface area contributed by atoms with Gasteiger partial charge in [-0.2, -0.15) is 5.10 Å². The minimum atomic E-state index is -0.871. The van der Waals surface area contributed by atoms with Gasteiger partial charge in [0.15, 0.2) is 0 Å². The fourth-order valence-electron chi connectivity index (χ4n) is 2.89. The van der Waals surface area contributed by atoms with Crippen LogP contribution in [0.5, 0.6) is 0 Å². The van der Waals surface area contributed by atoms with Gasteiger partial charge >= 0.3 is 12.0 Å². The number of urea groups is 1. The lowest BCUT2D eigenvalue weighted by atomic mass is 9.79. The Morgan fingerprint density at radius 1 is 1.38 bits per heavy atom. The van der Waals surface area contributed by atoms with Gasteiger partial charge in [-0.3, -0.25) is 9.48 Å². The molecule has 0 atom stereocenters. The van der Waals surface area contributed by atoms with E-state index < -0.39 is 11.5 Å². The normalized spacial score (nSPS) is 17.2. The molecule has 0 unspecified atom stereocenters. The van der Waals surface area contributed by atoms with E-state index in [-0.39, 0.29) is 12.5 Å². The van der Waals surface area contributed by atoms with E-state index >= 15 is 0 Å². The van der Waals surface area contributed by atoms with E-state index in [0.717, 1.165) is 37.7 Å². The summed E-state index contributed by atoms with van der Waals surface area (Å²) in [6.07, 6.45) is 7.95. The molecule has 0 aliphatic heterocycles. The molecule has 1 fully saturated rings. The summed E-state index contributed by atoms with van der Waals surface area (Å²) in [7, 11) is 1.81. The Bertz CT molecular complexity index is 506. The predicted octanol–water partition coefficient (Wildman–Crippen LogP) is 1.40. The lowest BCUT2D eigenvalue weighted by Gasteiger charge is -2.36. The first-order valence-corrected chi connectivity index (χ1v) is 7.24. The van der Waals surface area contributed by atoms with Gasteiger partial charge < -0.3 is 15.7 Å². The molecule has 2 rings (SSSR count). The Kier molecular flexibility index (Phi) is 4.82. The van der Waals surface area contributed by atoms with Crippen LogP contribution in [-0.4, -0.2) is 32.4 Å². The van der Waals surface area contributed by atoms with Crippen LogP contribution >= 0.6 is 0 Å². The van der Waals surface area contributed by atoms with Gasteiger partial charge in [0.05, 0.1) is 18.2 Å². The quantitative estimate of drug-likeness (QED) is 0.764. The number of aliphatic carboxylic acids is 1. The van der Waals surface area contributed by atoms with E-state index in [1.165, 1.54) is 0 Å². The fourth-order valence-corrected chi connectivity index (χ4v) is 2.89. The molecule has 0 radical (unpaired) electrons. The number of hydrogen-bond donors (Lipinski definition) is 3. The van der Waals surface area contributed by atoms with Crippen molar-refractivity contribution in [3.63, 3.8) is 0 Å². The van der Waals surface area contributed by atoms with Crippen molar-refractivity contribution in [1.29, 1.82) is 0 Å². The number of aromatic nitrogens is 2. The predicted molar refractivity (Wildman–Crippen MR) is 76.6 cm³/mol. The first-order valence-electron chi connectivity index (χ1n) is 7.24. The molecule has 1 saturated carbocycles. The van der Waals surface area contributed by atoms with E-state index in [1.54, 1.807) is 10.9 Å². The topological polar surface area (TPSA) is 96.2 Å². The summed E-state index contributed by atoms with van der Waals surface area (Å²) in [5.41, 5.74) is 0.298. The van der Waals surface area contributed by atoms with E-state index in [1.807, 2.05) is 13.2 Å². The van der Waals surface area contributed by atoms with E-state index in [0.29, 0.717) is 6.54 Å². The van der Waals surface area contributed by atoms with Gasteiger partial charge in [-0.1, -0.05) is 19.3 Å². The van der Waals surface area contributed by atoms with Crippen LogP contribution in [0.25, 0.3) is 0 Å². The number of carboxylic acid groups (broad SMARTS) is 1. The molecule has 21 heavy (non-hydrogen) atoms. The van der Waals surface area contributed by atoms with Crippen molar-refractivity contribution in [1.82, 2.24) is 20.4 Å². The summed E-state index contributed by atoms with van der Waals surface area (Å²) < 4.78 is 1.67. The highest BCUT2D eigenvalue weighted by Crippen LogP contribution is 2.31. The first kappa shape index (κ1) is 15.3. The summed E-state index contributed by atoms with van der Waals surface area (Å²) >= 11 is 0. The Morgan fingerprint density at radius 2 is 2.10 bits per heavy atom. The monoisotopic (exact) mass is 294 g/mol. The molecule has 2 amide bonds. The van der Waals surface area contributed by atoms with Crippen molar-refractivity contribution in [2.45, 2.75) is 50.6 Å². The third-order valence-corrected chi connectivity index (χ3v) is 3.89. The molecular weight excluding hydrogens is 272 g/mol. The third kappa shape index (κ3) is 4.47. The van der Waals surface area contributed by atoms with Crippen LogP contribution in [0.2, 0.25) is 0 Å². The second kappa shape index (κ2) is 6.60. The first-order chi connectivity index (χ1) is 9.99. The zero-order chi connectivity index (χ0) is 15.3. The Morgan fingerprint density at radius 3 is 2.67 bits per heavy atom. The third-order valence-electron chi connectivity index (χ3n) is 3.89. The maximum absolute atomic E-state index is 12.0. The molecule has 0 aromatic carbocycles. The molecule has 116 valence electrons. The molecule has 7 heteroatoms. The summed E-state index contributed by atoms with van der Waals surface area (Å²) in [5, 5.41) is 18.7. The van der Waals surface area contributed by atoms with Crippen molar-refractivity contribution < 1.29 is 14.7 Å². The number of carboxylic acids is 1. The number of nitrogens with zero attached hydrogens (tertiary/aromatic N) is 2. The molecule has 1 aromatic rings. The summed E-state index contributed by atoms with van der Waals surface area (Å²) in [4.78, 5) is 23.1. The number of carbonyl (C=O) groups excluding carboxylic acids is 1. The Balaban J connectivity index is 1.89. The zero-order valence-corrected chi connectivity index (χ0v) is 12.3. The zero-order valence-electron chi connectivity index (χ0n) is 12.3. The maximum atomic E-state index is 12.0. The summed E-state index contributed by atoms with van der Waals surface area (Å²) in [6, 6.07) is -0.318. The molecule has 1 aliphatic rings. The molecule has 1 aromatic heterocycles. The number of aryl methyl sites for hydroxylation is 1. The Hall–Kier alpha value is -2.05. The maximum Gasteiger partial charge on any atom is 0.315 e. The average molecular weight is 294 g/mol. The molecule has 1 aliphatic carbocycles. The van der Waals surface area contributed by atoms with Crippen LogP contribution in [0, 0.1) is 0 Å². The molecular formula is C14H22N4O3. The van der Waals surface area contributed by atoms with Crippen molar-refractivity contribution in [2.75, 3.05) is 0 Å². The van der Waals surface area contributed by atoms with Crippen LogP contribution in [0.4, 0.5) is 4.79 Å². The molecule has 0 saturated heterocycles. The van der Waals surface area contributed by atoms with Crippen LogP contribution < -0.4 is 10.6 Å². The van der Waals surface area contributed by atoms with Crippen molar-refractivity contribution in [3.8, 4) is 0 Å². The minimum Gasteiger partial charge on any atom is -0.481 e. The molecule has 7 nitrogen and oxygen atoms in total. The SMILES string of the molecule is Cn1cc(CNC(=O)NC2(CC(=O)O)CCCCC2)cn1. The fraction of sp³-hybridized carbons (Fsp3) is 0.643. The van der Waals surface area contributed by atoms with E-state index in [4.69, 9.17) is 5.11 Å². The van der Waals surface area contributed by atoms with Crippen LogP contribution in [0.1, 0.15) is 44.1 Å². The highest BCUT2D eigenvalue weighted by molar-refractivity contribution is 5.76. The number of amides is 2. The van der Waals surface area contributed by atoms with Crippen LogP contribution in [0.3, 0.4) is 0 Å². The number of hydrogen-bond acceptors (Lipinski definition) is 3. The number of rotatable bonds is 5. The Labute approximate surface area is 123 Å². The van der Waals surface area contributed by atoms with Gasteiger partial charge in [-0.05, 0) is 12.8 Å². The van der Waals surface area contributed by atoms with E-state index in [9.17, 15) is 9.59 Å². The van der Waals surface area contributed by atoms with Crippen molar-refractivity contribution in [2.24, 2.45) is 7.05 Å². The standard InChI is InChI=1S/C14H22N4O3/c1-18-10-11(9-16-18)8-15-13(21)17-14(7-12(19)20)5-3-2-4-6-14/h9-10H,2-8H2,1H3,(H,19,20)(H2,15,17,21). The van der Waals surface area contributed by atoms with Crippen LogP contribution in [0.15, 0.2) is 12.4 Å². The smallest absolute Gasteiger partial charge is 0.315 e. The number of nitrogens with one attached hydrogen (secondary N) is 2. The summed E-state index contributed by atoms with van der Waals surface area (Å²) in [5.74, 6) is -0.871. The molecule has 0 spiro atoms. The van der Waals surface area contributed by atoms with Gasteiger partial charge in [0.1, 0.15) is 0 Å². The molecule has 1 heterocycles. The summed E-state index contributed by atoms with van der Waals surface area (Å²) in [6.45, 7) is 0.378. The highest BCUT2D eigenvalue weighted by Gasteiger charge is 2.35. The van der Waals surface area contributed by atoms with Gasteiger partial charge in [0.2, 0.25) is 0 Å². The van der Waals surface area contributed by atoms with Crippen LogP contribution in [-0.2, 0) is 18.4 Å². The van der Waals surface area contributed by atoms with Gasteiger partial charge in [0.25, 0.3) is 0 Å². The second-order valence-corrected chi connectivity index (χ2v) is 5.74. The van der Waals surface area contributed by atoms with Gasteiger partial charge in [-0.25, -0.2) is 4.79 Å². The van der Waals surface area contributed by atoms with Gasteiger partial charge in [0, 0.05) is 25.4 Å². The average Bonchev–Trinajstić information content (AvgIpc) is 2.82. The molecule has 0 bridgehead atoms. The number of carbonyl (C=O) groups is 2. The highest BCUT2D eigenvalue weighted by atomic mass is 16.4. The molecule has 3 N–H and O–H groups in total. The lowest BCUT2D eigenvalue weighted by Crippen LogP contribution is -2.54. The van der Waals surface area contributed by atoms with Crippen molar-refractivity contribution >= 4 is 12.0 Å². The van der Waals surface area contributed by atoms with Gasteiger partial charge in [-0.15, -0.1) is 0 Å². The second-order valence-electron chi connectivity index (χ2n) is 5.74.